The fraction of sp³-hybridized carbons (Fsp3) is 0.600. The Morgan fingerprint density at radius 2 is 1.33 bits per heavy atom. The van der Waals surface area contributed by atoms with E-state index in [2.05, 4.69) is 52.8 Å². The van der Waals surface area contributed by atoms with Crippen LogP contribution < -0.4 is 0 Å². The molecule has 1 amide bonds. The lowest BCUT2D eigenvalue weighted by molar-refractivity contribution is -0.147. The summed E-state index contributed by atoms with van der Waals surface area (Å²) in [4.78, 5) is 25.4. The number of rotatable bonds is 14. The second-order valence-electron chi connectivity index (χ2n) is 8.30. The monoisotopic (exact) mass is 435 g/mol. The van der Waals surface area contributed by atoms with E-state index >= 15 is 0 Å². The van der Waals surface area contributed by atoms with E-state index in [9.17, 15) is 14.7 Å². The summed E-state index contributed by atoms with van der Waals surface area (Å²) in [7, 11) is 0. The number of amides is 1. The average molecular weight is 436 g/mol. The molecule has 0 aromatic carbocycles. The molecule has 30 heavy (non-hydrogen) atoms. The molecule has 0 spiro atoms. The number of nitrogens with zero attached hydrogens (tertiary/aromatic N) is 1. The summed E-state index contributed by atoms with van der Waals surface area (Å²) in [6.45, 7) is 14.3. The lowest BCUT2D eigenvalue weighted by Crippen LogP contribution is -2.46. The molecule has 1 N–H and O–H groups in total. The van der Waals surface area contributed by atoms with Gasteiger partial charge in [-0.1, -0.05) is 46.6 Å². The molecular formula is C25H41NO3S. The number of allylic oxidation sites excluding steroid dienone is 6. The highest BCUT2D eigenvalue weighted by Crippen LogP contribution is 2.15. The number of hydrogen-bond acceptors (Lipinski definition) is 3. The Morgan fingerprint density at radius 3 is 1.77 bits per heavy atom. The van der Waals surface area contributed by atoms with Gasteiger partial charge >= 0.3 is 5.97 Å². The van der Waals surface area contributed by atoms with Crippen LogP contribution in [0.25, 0.3) is 0 Å². The van der Waals surface area contributed by atoms with Crippen molar-refractivity contribution >= 4 is 23.6 Å². The molecule has 0 aliphatic rings. The molecular weight excluding hydrogens is 394 g/mol. The summed E-state index contributed by atoms with van der Waals surface area (Å²) in [6.07, 6.45) is 12.5. The molecule has 4 nitrogen and oxygen atoms in total. The largest absolute Gasteiger partial charge is 0.480 e. The highest BCUT2D eigenvalue weighted by atomic mass is 32.2. The van der Waals surface area contributed by atoms with Crippen LogP contribution >= 0.6 is 11.8 Å². The van der Waals surface area contributed by atoms with Crippen LogP contribution in [0.1, 0.15) is 74.1 Å². The van der Waals surface area contributed by atoms with Crippen molar-refractivity contribution in [3.8, 4) is 0 Å². The van der Waals surface area contributed by atoms with Crippen LogP contribution in [0.15, 0.2) is 46.6 Å². The molecule has 0 radical (unpaired) electrons. The fourth-order valence-corrected chi connectivity index (χ4v) is 3.87. The van der Waals surface area contributed by atoms with Gasteiger partial charge in [0.15, 0.2) is 0 Å². The summed E-state index contributed by atoms with van der Waals surface area (Å²) < 4.78 is 0. The van der Waals surface area contributed by atoms with Gasteiger partial charge in [-0.25, -0.2) is 4.79 Å². The third-order valence-electron chi connectivity index (χ3n) is 4.71. The standard InChI is InChI=1S/C25H41NO3S/c1-19(2)10-8-12-21(5)14-16-26(23(7)27)24(25(28)29)18-30-17-15-22(6)13-9-11-20(3)4/h10-11,14-15,24H,8-9,12-13,16-18H2,1-7H3,(H,28,29)/t24-/m0/s1. The maximum Gasteiger partial charge on any atom is 0.327 e. The van der Waals surface area contributed by atoms with Gasteiger partial charge in [0.2, 0.25) is 5.91 Å². The number of carboxylic acids is 1. The first-order chi connectivity index (χ1) is 14.0. The zero-order valence-corrected chi connectivity index (χ0v) is 20.8. The number of carbonyl (C=O) groups excluding carboxylic acids is 1. The van der Waals surface area contributed by atoms with E-state index in [1.54, 1.807) is 11.8 Å². The summed E-state index contributed by atoms with van der Waals surface area (Å²) in [5, 5.41) is 9.68. The zero-order chi connectivity index (χ0) is 23.1. The molecule has 0 aliphatic carbocycles. The number of carboxylic acid groups (broad SMARTS) is 1. The van der Waals surface area contributed by atoms with E-state index in [0.717, 1.165) is 31.4 Å². The number of hydrogen-bond donors (Lipinski definition) is 1. The van der Waals surface area contributed by atoms with Crippen molar-refractivity contribution in [1.29, 1.82) is 0 Å². The normalized spacial score (nSPS) is 12.9. The quantitative estimate of drug-likeness (QED) is 0.253. The minimum Gasteiger partial charge on any atom is -0.480 e. The van der Waals surface area contributed by atoms with E-state index in [1.807, 2.05) is 13.0 Å². The summed E-state index contributed by atoms with van der Waals surface area (Å²) in [5.74, 6) is -0.00669. The van der Waals surface area contributed by atoms with Crippen molar-refractivity contribution in [2.45, 2.75) is 80.2 Å². The number of aliphatic carboxylic acids is 1. The van der Waals surface area contributed by atoms with Crippen LogP contribution in [0.3, 0.4) is 0 Å². The summed E-state index contributed by atoms with van der Waals surface area (Å²) in [5.41, 5.74) is 5.10. The van der Waals surface area contributed by atoms with E-state index in [0.29, 0.717) is 12.3 Å². The second kappa shape index (κ2) is 16.0. The molecule has 0 saturated carbocycles. The Bertz CT molecular complexity index is 666. The Labute approximate surface area is 188 Å². The smallest absolute Gasteiger partial charge is 0.327 e. The van der Waals surface area contributed by atoms with Crippen LogP contribution in [0.4, 0.5) is 0 Å². The van der Waals surface area contributed by atoms with Crippen molar-refractivity contribution in [2.75, 3.05) is 18.1 Å². The molecule has 0 aromatic heterocycles. The summed E-state index contributed by atoms with van der Waals surface area (Å²) in [6, 6.07) is -0.811. The molecule has 0 unspecified atom stereocenters. The molecule has 0 aliphatic heterocycles. The first-order valence-electron chi connectivity index (χ1n) is 10.7. The van der Waals surface area contributed by atoms with Crippen molar-refractivity contribution in [1.82, 2.24) is 4.90 Å². The number of thioether (sulfide) groups is 1. The van der Waals surface area contributed by atoms with E-state index in [1.165, 1.54) is 34.1 Å². The molecule has 0 rings (SSSR count). The Kier molecular flexibility index (Phi) is 15.1. The van der Waals surface area contributed by atoms with E-state index in [4.69, 9.17) is 0 Å². The predicted octanol–water partition coefficient (Wildman–Crippen LogP) is 6.41. The maximum absolute atomic E-state index is 12.1. The molecule has 1 atom stereocenters. The van der Waals surface area contributed by atoms with Gasteiger partial charge in [0.1, 0.15) is 6.04 Å². The Balaban J connectivity index is 4.80. The second-order valence-corrected chi connectivity index (χ2v) is 9.38. The summed E-state index contributed by atoms with van der Waals surface area (Å²) >= 11 is 1.56. The minimum atomic E-state index is -0.947. The fourth-order valence-electron chi connectivity index (χ4n) is 2.79. The van der Waals surface area contributed by atoms with Crippen molar-refractivity contribution in [3.05, 3.63) is 46.6 Å². The van der Waals surface area contributed by atoms with Gasteiger partial charge in [0.25, 0.3) is 0 Å². The lowest BCUT2D eigenvalue weighted by Gasteiger charge is -2.27. The Morgan fingerprint density at radius 1 is 0.833 bits per heavy atom. The van der Waals surface area contributed by atoms with Crippen LogP contribution in [-0.2, 0) is 9.59 Å². The van der Waals surface area contributed by atoms with Gasteiger partial charge in [0, 0.05) is 25.0 Å². The molecule has 0 fully saturated rings. The topological polar surface area (TPSA) is 57.6 Å². The first-order valence-corrected chi connectivity index (χ1v) is 11.9. The maximum atomic E-state index is 12.1. The van der Waals surface area contributed by atoms with Crippen LogP contribution in [0.5, 0.6) is 0 Å². The van der Waals surface area contributed by atoms with Gasteiger partial charge in [-0.3, -0.25) is 4.79 Å². The van der Waals surface area contributed by atoms with Crippen molar-refractivity contribution < 1.29 is 14.7 Å². The van der Waals surface area contributed by atoms with Crippen molar-refractivity contribution in [3.63, 3.8) is 0 Å². The molecule has 0 saturated heterocycles. The minimum absolute atomic E-state index is 0.204. The highest BCUT2D eigenvalue weighted by Gasteiger charge is 2.26. The van der Waals surface area contributed by atoms with Gasteiger partial charge in [-0.2, -0.15) is 11.8 Å². The zero-order valence-electron chi connectivity index (χ0n) is 20.0. The van der Waals surface area contributed by atoms with Crippen LogP contribution in [0.2, 0.25) is 0 Å². The average Bonchev–Trinajstić information content (AvgIpc) is 2.62. The molecule has 5 heteroatoms. The third kappa shape index (κ3) is 14.3. The Hall–Kier alpha value is -1.75. The van der Waals surface area contributed by atoms with E-state index in [-0.39, 0.29) is 5.91 Å². The highest BCUT2D eigenvalue weighted by molar-refractivity contribution is 7.99. The molecule has 0 aromatic rings. The van der Waals surface area contributed by atoms with Gasteiger partial charge in [0.05, 0.1) is 0 Å². The third-order valence-corrected chi connectivity index (χ3v) is 5.66. The van der Waals surface area contributed by atoms with Gasteiger partial charge in [-0.15, -0.1) is 0 Å². The van der Waals surface area contributed by atoms with Crippen molar-refractivity contribution in [2.24, 2.45) is 0 Å². The van der Waals surface area contributed by atoms with Gasteiger partial charge in [-0.05, 0) is 67.2 Å². The molecule has 0 bridgehead atoms. The van der Waals surface area contributed by atoms with Crippen LogP contribution in [-0.4, -0.2) is 46.0 Å². The SMILES string of the molecule is CC(=O)N(CC=C(C)CCC=C(C)C)[C@@H](CSCC=C(C)CCC=C(C)C)C(=O)O. The molecule has 170 valence electrons. The first kappa shape index (κ1) is 28.2. The lowest BCUT2D eigenvalue weighted by atomic mass is 10.1. The van der Waals surface area contributed by atoms with E-state index < -0.39 is 12.0 Å². The predicted molar refractivity (Wildman–Crippen MR) is 131 cm³/mol. The molecule has 0 heterocycles. The van der Waals surface area contributed by atoms with Gasteiger partial charge < -0.3 is 10.0 Å². The number of carbonyl (C=O) groups is 2. The van der Waals surface area contributed by atoms with Crippen LogP contribution in [0, 0.1) is 0 Å².